The molecule has 0 aliphatic carbocycles. The highest BCUT2D eigenvalue weighted by atomic mass is 32.2. The van der Waals surface area contributed by atoms with E-state index in [-0.39, 0.29) is 22.9 Å². The summed E-state index contributed by atoms with van der Waals surface area (Å²) in [5, 5.41) is 20.1. The molecule has 2 rings (SSSR count). The fourth-order valence-electron chi connectivity index (χ4n) is 2.89. The van der Waals surface area contributed by atoms with Crippen LogP contribution in [0.2, 0.25) is 0 Å². The van der Waals surface area contributed by atoms with Gasteiger partial charge in [0.25, 0.3) is 0 Å². The summed E-state index contributed by atoms with van der Waals surface area (Å²) in [6.45, 7) is 1.75. The predicted molar refractivity (Wildman–Crippen MR) is 83.4 cm³/mol. The Bertz CT molecular complexity index is 762. The number of hydrogen-bond donors (Lipinski definition) is 1. The summed E-state index contributed by atoms with van der Waals surface area (Å²) in [5.74, 6) is -1.99. The Morgan fingerprint density at radius 3 is 2.67 bits per heavy atom. The zero-order valence-corrected chi connectivity index (χ0v) is 14.0. The van der Waals surface area contributed by atoms with E-state index in [4.69, 9.17) is 4.74 Å². The van der Waals surface area contributed by atoms with Gasteiger partial charge in [-0.05, 0) is 25.8 Å². The zero-order valence-electron chi connectivity index (χ0n) is 13.2. The fourth-order valence-corrected chi connectivity index (χ4v) is 4.61. The van der Waals surface area contributed by atoms with Crippen LogP contribution in [0.15, 0.2) is 23.1 Å². The Morgan fingerprint density at radius 1 is 1.46 bits per heavy atom. The zero-order chi connectivity index (χ0) is 18.1. The van der Waals surface area contributed by atoms with Gasteiger partial charge in [-0.1, -0.05) is 0 Å². The molecular formula is C14H18N2O7S. The van der Waals surface area contributed by atoms with Crippen LogP contribution >= 0.6 is 0 Å². The van der Waals surface area contributed by atoms with Gasteiger partial charge in [-0.3, -0.25) is 14.9 Å². The maximum atomic E-state index is 12.8. The number of carbonyl (C=O) groups is 1. The molecule has 1 aromatic rings. The van der Waals surface area contributed by atoms with E-state index in [9.17, 15) is 28.4 Å². The number of ether oxygens (including phenoxy) is 1. The molecule has 0 saturated carbocycles. The van der Waals surface area contributed by atoms with Crippen molar-refractivity contribution in [1.29, 1.82) is 0 Å². The SMILES string of the molecule is COc1cc(S(=O)(=O)N2CCC[C@H](C(=O)O)[C@@H]2C)ccc1[N+](=O)[O-]. The number of nitro benzene ring substituents is 1. The van der Waals surface area contributed by atoms with Crippen LogP contribution in [0.5, 0.6) is 5.75 Å². The average Bonchev–Trinajstić information content (AvgIpc) is 2.53. The van der Waals surface area contributed by atoms with Gasteiger partial charge in [0.05, 0.1) is 22.8 Å². The first-order valence-electron chi connectivity index (χ1n) is 7.27. The van der Waals surface area contributed by atoms with Crippen LogP contribution in [0.25, 0.3) is 0 Å². The summed E-state index contributed by atoms with van der Waals surface area (Å²) in [5.41, 5.74) is -0.341. The lowest BCUT2D eigenvalue weighted by atomic mass is 9.92. The van der Waals surface area contributed by atoms with Gasteiger partial charge in [-0.2, -0.15) is 4.31 Å². The lowest BCUT2D eigenvalue weighted by molar-refractivity contribution is -0.385. The molecule has 1 N–H and O–H groups in total. The van der Waals surface area contributed by atoms with Crippen molar-refractivity contribution in [2.24, 2.45) is 5.92 Å². The molecule has 10 heteroatoms. The number of piperidine rings is 1. The minimum atomic E-state index is -3.99. The van der Waals surface area contributed by atoms with Gasteiger partial charge in [0.1, 0.15) is 0 Å². The van der Waals surface area contributed by atoms with E-state index in [1.807, 2.05) is 0 Å². The first-order chi connectivity index (χ1) is 11.2. The number of sulfonamides is 1. The minimum absolute atomic E-state index is 0.164. The Balaban J connectivity index is 2.43. The smallest absolute Gasteiger partial charge is 0.310 e. The predicted octanol–water partition coefficient (Wildman–Crippen LogP) is 1.48. The molecule has 132 valence electrons. The average molecular weight is 358 g/mol. The first-order valence-corrected chi connectivity index (χ1v) is 8.71. The molecule has 0 spiro atoms. The number of aliphatic carboxylic acids is 1. The highest BCUT2D eigenvalue weighted by Crippen LogP contribution is 2.33. The van der Waals surface area contributed by atoms with Crippen molar-refractivity contribution in [2.75, 3.05) is 13.7 Å². The molecule has 0 aromatic heterocycles. The summed E-state index contributed by atoms with van der Waals surface area (Å²) in [4.78, 5) is 21.4. The number of carboxylic acid groups (broad SMARTS) is 1. The standard InChI is InChI=1S/C14H18N2O7S/c1-9-11(14(17)18)4-3-7-15(9)24(21,22)10-5-6-12(16(19)20)13(8-10)23-2/h5-6,8-9,11H,3-4,7H2,1-2H3,(H,17,18)/t9-,11-/m0/s1. The number of carboxylic acids is 1. The van der Waals surface area contributed by atoms with Crippen molar-refractivity contribution < 1.29 is 28.0 Å². The van der Waals surface area contributed by atoms with E-state index in [0.717, 1.165) is 22.5 Å². The molecule has 1 fully saturated rings. The number of rotatable bonds is 5. The number of benzene rings is 1. The summed E-state index contributed by atoms with van der Waals surface area (Å²) in [6.07, 6.45) is 0.844. The lowest BCUT2D eigenvalue weighted by Gasteiger charge is -2.36. The van der Waals surface area contributed by atoms with Crippen LogP contribution in [-0.4, -0.2) is 48.4 Å². The minimum Gasteiger partial charge on any atom is -0.490 e. The summed E-state index contributed by atoms with van der Waals surface area (Å²) in [6, 6.07) is 2.58. The second kappa shape index (κ2) is 6.73. The van der Waals surface area contributed by atoms with Crippen LogP contribution in [-0.2, 0) is 14.8 Å². The molecule has 1 saturated heterocycles. The molecule has 0 unspecified atom stereocenters. The second-order valence-electron chi connectivity index (χ2n) is 5.53. The monoisotopic (exact) mass is 358 g/mol. The lowest BCUT2D eigenvalue weighted by Crippen LogP contribution is -2.48. The molecule has 0 amide bonds. The second-order valence-corrected chi connectivity index (χ2v) is 7.42. The maximum Gasteiger partial charge on any atom is 0.310 e. The van der Waals surface area contributed by atoms with Gasteiger partial charge in [-0.15, -0.1) is 0 Å². The van der Waals surface area contributed by atoms with E-state index in [1.54, 1.807) is 6.92 Å². The van der Waals surface area contributed by atoms with Crippen molar-refractivity contribution in [3.63, 3.8) is 0 Å². The quantitative estimate of drug-likeness (QED) is 0.623. The highest BCUT2D eigenvalue weighted by molar-refractivity contribution is 7.89. The molecule has 1 aromatic carbocycles. The molecule has 9 nitrogen and oxygen atoms in total. The van der Waals surface area contributed by atoms with Crippen LogP contribution in [0.3, 0.4) is 0 Å². The van der Waals surface area contributed by atoms with Gasteiger partial charge in [0.15, 0.2) is 5.75 Å². The topological polar surface area (TPSA) is 127 Å². The fraction of sp³-hybridized carbons (Fsp3) is 0.500. The number of hydrogen-bond acceptors (Lipinski definition) is 6. The summed E-state index contributed by atoms with van der Waals surface area (Å²) >= 11 is 0. The maximum absolute atomic E-state index is 12.8. The molecule has 24 heavy (non-hydrogen) atoms. The molecule has 0 bridgehead atoms. The molecule has 2 atom stereocenters. The van der Waals surface area contributed by atoms with E-state index < -0.39 is 32.9 Å². The third-order valence-electron chi connectivity index (χ3n) is 4.20. The van der Waals surface area contributed by atoms with E-state index in [2.05, 4.69) is 0 Å². The molecule has 1 aliphatic rings. The number of methoxy groups -OCH3 is 1. The van der Waals surface area contributed by atoms with E-state index in [0.29, 0.717) is 12.8 Å². The summed E-state index contributed by atoms with van der Waals surface area (Å²) < 4.78 is 31.7. The molecule has 0 radical (unpaired) electrons. The van der Waals surface area contributed by atoms with Crippen molar-refractivity contribution in [2.45, 2.75) is 30.7 Å². The van der Waals surface area contributed by atoms with Gasteiger partial charge in [0, 0.05) is 24.7 Å². The molecule has 1 aliphatic heterocycles. The Hall–Kier alpha value is -2.20. The van der Waals surface area contributed by atoms with Crippen molar-refractivity contribution in [3.05, 3.63) is 28.3 Å². The van der Waals surface area contributed by atoms with Gasteiger partial charge in [-0.25, -0.2) is 8.42 Å². The number of nitro groups is 1. The third kappa shape index (κ3) is 3.20. The van der Waals surface area contributed by atoms with Crippen LogP contribution in [0, 0.1) is 16.0 Å². The summed E-state index contributed by atoms with van der Waals surface area (Å²) in [7, 11) is -2.77. The number of nitrogens with zero attached hydrogens (tertiary/aromatic N) is 2. The van der Waals surface area contributed by atoms with Crippen molar-refractivity contribution in [3.8, 4) is 5.75 Å². The van der Waals surface area contributed by atoms with Gasteiger partial charge < -0.3 is 9.84 Å². The van der Waals surface area contributed by atoms with Crippen LogP contribution in [0.4, 0.5) is 5.69 Å². The Morgan fingerprint density at radius 2 is 2.12 bits per heavy atom. The van der Waals surface area contributed by atoms with E-state index >= 15 is 0 Å². The highest BCUT2D eigenvalue weighted by Gasteiger charge is 2.40. The Kier molecular flexibility index (Phi) is 5.09. The van der Waals surface area contributed by atoms with Crippen LogP contribution < -0.4 is 4.74 Å². The van der Waals surface area contributed by atoms with Gasteiger partial charge >= 0.3 is 11.7 Å². The van der Waals surface area contributed by atoms with Crippen molar-refractivity contribution >= 4 is 21.7 Å². The molecule has 1 heterocycles. The Labute approximate surface area is 139 Å². The van der Waals surface area contributed by atoms with Gasteiger partial charge in [0.2, 0.25) is 10.0 Å². The third-order valence-corrected chi connectivity index (χ3v) is 6.18. The van der Waals surface area contributed by atoms with E-state index in [1.165, 1.54) is 7.11 Å². The largest absolute Gasteiger partial charge is 0.490 e. The first kappa shape index (κ1) is 18.1. The van der Waals surface area contributed by atoms with Crippen molar-refractivity contribution in [1.82, 2.24) is 4.31 Å². The van der Waals surface area contributed by atoms with Crippen LogP contribution in [0.1, 0.15) is 19.8 Å². The molecular weight excluding hydrogens is 340 g/mol. The normalized spacial score (nSPS) is 22.1.